The monoisotopic (exact) mass is 417 g/mol. The summed E-state index contributed by atoms with van der Waals surface area (Å²) in [6.45, 7) is 1.68. The Hall–Kier alpha value is -3.37. The van der Waals surface area contributed by atoms with E-state index in [-0.39, 0.29) is 22.1 Å². The Labute approximate surface area is 167 Å². The molecule has 152 valence electrons. The molecule has 0 bridgehead atoms. The van der Waals surface area contributed by atoms with Crippen LogP contribution in [0.2, 0.25) is 0 Å². The second-order valence-electron chi connectivity index (χ2n) is 6.17. The number of phenolic OH excluding ortho intramolecular Hbond substituents is 1. The Morgan fingerprint density at radius 1 is 1.10 bits per heavy atom. The molecule has 1 amide bonds. The van der Waals surface area contributed by atoms with Crippen LogP contribution in [0.3, 0.4) is 0 Å². The smallest absolute Gasteiger partial charge is 0.280 e. The van der Waals surface area contributed by atoms with Gasteiger partial charge in [0.05, 0.1) is 36.1 Å². The second-order valence-corrected chi connectivity index (χ2v) is 7.73. The standard InChI is InChI=1S/C19H19N3O6S/c1-11-15(8-12-9-16(27-2)18(23)17(10-12)28-3)19(24)22(21-11)13-4-6-14(7-5-13)29(20,25)26/h4-10,23H,1-3H3,(H2,20,25,26)/b15-8+. The van der Waals surface area contributed by atoms with Crippen molar-refractivity contribution in [1.82, 2.24) is 0 Å². The summed E-state index contributed by atoms with van der Waals surface area (Å²) in [5, 5.41) is 20.5. The van der Waals surface area contributed by atoms with Crippen LogP contribution < -0.4 is 19.6 Å². The van der Waals surface area contributed by atoms with Crippen molar-refractivity contribution in [2.45, 2.75) is 11.8 Å². The molecule has 0 fully saturated rings. The molecule has 3 rings (SSSR count). The lowest BCUT2D eigenvalue weighted by atomic mass is 10.1. The summed E-state index contributed by atoms with van der Waals surface area (Å²) in [6, 6.07) is 8.64. The molecular weight excluding hydrogens is 398 g/mol. The number of rotatable bonds is 5. The number of methoxy groups -OCH3 is 2. The summed E-state index contributed by atoms with van der Waals surface area (Å²) in [6.07, 6.45) is 1.60. The van der Waals surface area contributed by atoms with Gasteiger partial charge in [-0.05, 0) is 55.0 Å². The van der Waals surface area contributed by atoms with E-state index in [4.69, 9.17) is 14.6 Å². The number of sulfonamides is 1. The van der Waals surface area contributed by atoms with Gasteiger partial charge in [0.15, 0.2) is 11.5 Å². The highest BCUT2D eigenvalue weighted by Gasteiger charge is 2.29. The fraction of sp³-hybridized carbons (Fsp3) is 0.158. The molecule has 3 N–H and O–H groups in total. The van der Waals surface area contributed by atoms with E-state index in [2.05, 4.69) is 5.10 Å². The first-order chi connectivity index (χ1) is 13.7. The maximum absolute atomic E-state index is 12.9. The first-order valence-electron chi connectivity index (χ1n) is 8.35. The zero-order chi connectivity index (χ0) is 21.3. The maximum Gasteiger partial charge on any atom is 0.280 e. The Kier molecular flexibility index (Phi) is 5.31. The molecule has 2 aromatic rings. The van der Waals surface area contributed by atoms with Crippen LogP contribution in [0.5, 0.6) is 17.2 Å². The van der Waals surface area contributed by atoms with Crippen molar-refractivity contribution in [3.05, 3.63) is 47.5 Å². The van der Waals surface area contributed by atoms with Crippen molar-refractivity contribution in [1.29, 1.82) is 0 Å². The largest absolute Gasteiger partial charge is 0.502 e. The highest BCUT2D eigenvalue weighted by Crippen LogP contribution is 2.38. The van der Waals surface area contributed by atoms with Crippen LogP contribution in [0.4, 0.5) is 5.69 Å². The molecule has 29 heavy (non-hydrogen) atoms. The summed E-state index contributed by atoms with van der Waals surface area (Å²) in [7, 11) is -1.01. The highest BCUT2D eigenvalue weighted by atomic mass is 32.2. The van der Waals surface area contributed by atoms with E-state index in [1.165, 1.54) is 43.5 Å². The van der Waals surface area contributed by atoms with E-state index in [0.717, 1.165) is 0 Å². The van der Waals surface area contributed by atoms with Gasteiger partial charge < -0.3 is 14.6 Å². The number of phenols is 1. The summed E-state index contributed by atoms with van der Waals surface area (Å²) < 4.78 is 33.0. The molecule has 1 aliphatic rings. The number of nitrogens with two attached hydrogens (primary N) is 1. The molecule has 0 spiro atoms. The molecule has 0 unspecified atom stereocenters. The van der Waals surface area contributed by atoms with Crippen molar-refractivity contribution < 1.29 is 27.8 Å². The third kappa shape index (κ3) is 3.93. The minimum Gasteiger partial charge on any atom is -0.502 e. The fourth-order valence-corrected chi connectivity index (χ4v) is 3.32. The number of carbonyl (C=O) groups excluding carboxylic acids is 1. The quantitative estimate of drug-likeness (QED) is 0.714. The molecule has 0 atom stereocenters. The zero-order valence-corrected chi connectivity index (χ0v) is 16.7. The molecule has 10 heteroatoms. The predicted octanol–water partition coefficient (Wildman–Crippen LogP) is 1.86. The number of primary sulfonamides is 1. The topological polar surface area (TPSA) is 132 Å². The van der Waals surface area contributed by atoms with E-state index < -0.39 is 15.9 Å². The number of hydrazone groups is 1. The van der Waals surface area contributed by atoms with Gasteiger partial charge in [0.25, 0.3) is 5.91 Å². The number of hydrogen-bond acceptors (Lipinski definition) is 7. The van der Waals surface area contributed by atoms with Crippen molar-refractivity contribution in [3.8, 4) is 17.2 Å². The average Bonchev–Trinajstić information content (AvgIpc) is 2.96. The number of anilines is 1. The molecular formula is C19H19N3O6S. The maximum atomic E-state index is 12.9. The Bertz CT molecular complexity index is 1110. The van der Waals surface area contributed by atoms with Crippen LogP contribution in [0.15, 0.2) is 52.0 Å². The number of benzene rings is 2. The van der Waals surface area contributed by atoms with Gasteiger partial charge in [-0.2, -0.15) is 10.1 Å². The highest BCUT2D eigenvalue weighted by molar-refractivity contribution is 7.89. The number of hydrogen-bond donors (Lipinski definition) is 2. The lowest BCUT2D eigenvalue weighted by Gasteiger charge is -2.12. The van der Waals surface area contributed by atoms with Crippen molar-refractivity contribution in [2.75, 3.05) is 19.2 Å². The van der Waals surface area contributed by atoms with Crippen molar-refractivity contribution in [2.24, 2.45) is 10.2 Å². The number of carbonyl (C=O) groups is 1. The predicted molar refractivity (Wildman–Crippen MR) is 108 cm³/mol. The van der Waals surface area contributed by atoms with Gasteiger partial charge in [-0.3, -0.25) is 4.79 Å². The second kappa shape index (κ2) is 7.57. The van der Waals surface area contributed by atoms with Gasteiger partial charge in [-0.25, -0.2) is 13.6 Å². The molecule has 0 saturated heterocycles. The molecule has 2 aromatic carbocycles. The van der Waals surface area contributed by atoms with Gasteiger partial charge in [-0.15, -0.1) is 0 Å². The van der Waals surface area contributed by atoms with Gasteiger partial charge in [-0.1, -0.05) is 0 Å². The Morgan fingerprint density at radius 2 is 1.66 bits per heavy atom. The van der Waals surface area contributed by atoms with Crippen LogP contribution in [-0.2, 0) is 14.8 Å². The Morgan fingerprint density at radius 3 is 2.14 bits per heavy atom. The van der Waals surface area contributed by atoms with E-state index in [0.29, 0.717) is 22.5 Å². The fourth-order valence-electron chi connectivity index (χ4n) is 2.80. The molecule has 0 radical (unpaired) electrons. The first kappa shape index (κ1) is 20.4. The minimum atomic E-state index is -3.83. The normalized spacial score (nSPS) is 15.6. The van der Waals surface area contributed by atoms with Crippen molar-refractivity contribution in [3.63, 3.8) is 0 Å². The van der Waals surface area contributed by atoms with E-state index in [1.807, 2.05) is 0 Å². The number of aromatic hydroxyl groups is 1. The van der Waals surface area contributed by atoms with Crippen LogP contribution in [0.1, 0.15) is 12.5 Å². The lowest BCUT2D eigenvalue weighted by molar-refractivity contribution is -0.114. The Balaban J connectivity index is 1.96. The van der Waals surface area contributed by atoms with E-state index >= 15 is 0 Å². The van der Waals surface area contributed by atoms with Gasteiger partial charge in [0.2, 0.25) is 15.8 Å². The zero-order valence-electron chi connectivity index (χ0n) is 15.9. The summed E-state index contributed by atoms with van der Waals surface area (Å²) in [5.41, 5.74) is 1.76. The van der Waals surface area contributed by atoms with Gasteiger partial charge in [0.1, 0.15) is 0 Å². The number of nitrogens with zero attached hydrogens (tertiary/aromatic N) is 2. The minimum absolute atomic E-state index is 0.0624. The number of amides is 1. The number of ether oxygens (including phenoxy) is 2. The van der Waals surface area contributed by atoms with Gasteiger partial charge >= 0.3 is 0 Å². The summed E-state index contributed by atoms with van der Waals surface area (Å²) >= 11 is 0. The molecule has 0 saturated carbocycles. The van der Waals surface area contributed by atoms with Crippen molar-refractivity contribution >= 4 is 33.4 Å². The summed E-state index contributed by atoms with van der Waals surface area (Å²) in [5.74, 6) is -0.132. The van der Waals surface area contributed by atoms with E-state index in [9.17, 15) is 18.3 Å². The summed E-state index contributed by atoms with van der Waals surface area (Å²) in [4.78, 5) is 12.8. The SMILES string of the molecule is COc1cc(/C=C2/C(=O)N(c3ccc(S(N)(=O)=O)cc3)N=C2C)cc(OC)c1O. The van der Waals surface area contributed by atoms with Gasteiger partial charge in [0, 0.05) is 0 Å². The average molecular weight is 417 g/mol. The van der Waals surface area contributed by atoms with Crippen LogP contribution in [0, 0.1) is 0 Å². The van der Waals surface area contributed by atoms with E-state index in [1.54, 1.807) is 25.1 Å². The van der Waals surface area contributed by atoms with Crippen LogP contribution in [0.25, 0.3) is 6.08 Å². The first-order valence-corrected chi connectivity index (χ1v) is 9.90. The molecule has 1 aliphatic heterocycles. The van der Waals surface area contributed by atoms with Crippen LogP contribution in [-0.4, -0.2) is 39.4 Å². The molecule has 0 aromatic heterocycles. The third-order valence-corrected chi connectivity index (χ3v) is 5.21. The molecule has 0 aliphatic carbocycles. The van der Waals surface area contributed by atoms with Crippen LogP contribution >= 0.6 is 0 Å². The molecule has 1 heterocycles. The third-order valence-electron chi connectivity index (χ3n) is 4.29. The molecule has 9 nitrogen and oxygen atoms in total. The lowest BCUT2D eigenvalue weighted by Crippen LogP contribution is -2.21.